The maximum absolute atomic E-state index is 14.2. The van der Waals surface area contributed by atoms with Gasteiger partial charge in [0.05, 0.1) is 37.6 Å². The fourth-order valence-corrected chi connectivity index (χ4v) is 10.7. The Morgan fingerprint density at radius 1 is 1.22 bits per heavy atom. The Labute approximate surface area is 213 Å². The normalized spacial score (nSPS) is 55.6. The summed E-state index contributed by atoms with van der Waals surface area (Å²) in [5, 5.41) is 36.8. The van der Waals surface area contributed by atoms with E-state index < -0.39 is 81.1 Å². The van der Waals surface area contributed by atoms with Gasteiger partial charge in [-0.05, 0) is 31.2 Å². The summed E-state index contributed by atoms with van der Waals surface area (Å²) in [4.78, 5) is 40.1. The van der Waals surface area contributed by atoms with Crippen molar-refractivity contribution < 1.29 is 48.3 Å². The largest absolute Gasteiger partial charge is 0.472 e. The van der Waals surface area contributed by atoms with E-state index in [1.54, 1.807) is 19.9 Å². The van der Waals surface area contributed by atoms with E-state index in [1.807, 2.05) is 6.92 Å². The van der Waals surface area contributed by atoms with Crippen LogP contribution >= 0.6 is 0 Å². The molecule has 1 aromatic heterocycles. The van der Waals surface area contributed by atoms with Gasteiger partial charge in [0, 0.05) is 27.7 Å². The highest BCUT2D eigenvalue weighted by Gasteiger charge is 2.95. The molecule has 3 heterocycles. The van der Waals surface area contributed by atoms with Gasteiger partial charge in [-0.1, -0.05) is 20.8 Å². The van der Waals surface area contributed by atoms with E-state index in [2.05, 4.69) is 0 Å². The molecular formula is C27H32O10. The highest BCUT2D eigenvalue weighted by atomic mass is 16.6. The molecule has 5 unspecified atom stereocenters. The van der Waals surface area contributed by atoms with Crippen molar-refractivity contribution in [3.8, 4) is 0 Å². The molecule has 2 aliphatic heterocycles. The summed E-state index contributed by atoms with van der Waals surface area (Å²) in [7, 11) is 1.16. The fourth-order valence-electron chi connectivity index (χ4n) is 10.7. The number of esters is 2. The number of methoxy groups -OCH3 is 1. The van der Waals surface area contributed by atoms with E-state index in [0.29, 0.717) is 18.4 Å². The van der Waals surface area contributed by atoms with E-state index in [-0.39, 0.29) is 18.6 Å². The van der Waals surface area contributed by atoms with Crippen LogP contribution in [0, 0.1) is 34.0 Å². The zero-order valence-electron chi connectivity index (χ0n) is 21.2. The second-order valence-corrected chi connectivity index (χ2v) is 12.9. The van der Waals surface area contributed by atoms with Crippen molar-refractivity contribution in [3.63, 3.8) is 0 Å². The number of ketones is 1. The molecule has 0 amide bonds. The zero-order valence-corrected chi connectivity index (χ0v) is 21.2. The van der Waals surface area contributed by atoms with Gasteiger partial charge < -0.3 is 33.9 Å². The average Bonchev–Trinajstić information content (AvgIpc) is 3.52. The maximum atomic E-state index is 14.2. The first-order valence-electron chi connectivity index (χ1n) is 12.9. The molecule has 2 bridgehead atoms. The van der Waals surface area contributed by atoms with E-state index in [0.717, 1.165) is 7.11 Å². The standard InChI is InChI=1S/C27H32O10/c1-22-11-25(32)18-16(19(22)30)37-26-9-14(28)36-20(12-6-8-35-10-12)23(26,2)7-5-13(27(18,26)33)24(25,3)17(22)15(29)21(31)34-4/h6,8,10,13,15-18,20,29,32-33H,5,7,9,11H2,1-4H3/t13-,15?,16?,17?,18+,20?,22?,23+,24-,25+,26-,27+/m1/s1. The van der Waals surface area contributed by atoms with E-state index in [1.165, 1.54) is 12.5 Å². The minimum Gasteiger partial charge on any atom is -0.472 e. The lowest BCUT2D eigenvalue weighted by molar-refractivity contribution is -0.295. The lowest BCUT2D eigenvalue weighted by Gasteiger charge is -2.63. The van der Waals surface area contributed by atoms with Crippen LogP contribution in [0.3, 0.4) is 0 Å². The molecule has 10 heteroatoms. The minimum absolute atomic E-state index is 0.0280. The number of aliphatic hydroxyl groups is 3. The number of carbonyl (C=O) groups is 3. The Morgan fingerprint density at radius 3 is 2.59 bits per heavy atom. The quantitative estimate of drug-likeness (QED) is 0.497. The molecule has 7 rings (SSSR count). The Hall–Kier alpha value is -2.27. The molecule has 2 saturated heterocycles. The second kappa shape index (κ2) is 6.47. The maximum Gasteiger partial charge on any atom is 0.335 e. The number of aliphatic hydroxyl groups excluding tert-OH is 1. The topological polar surface area (TPSA) is 153 Å². The number of carbonyl (C=O) groups excluding carboxylic acids is 3. The number of furan rings is 1. The second-order valence-electron chi connectivity index (χ2n) is 12.9. The van der Waals surface area contributed by atoms with Crippen molar-refractivity contribution in [1.29, 1.82) is 0 Å². The molecule has 4 aliphatic carbocycles. The molecule has 1 aromatic rings. The van der Waals surface area contributed by atoms with Crippen molar-refractivity contribution in [2.45, 2.75) is 81.6 Å². The first-order valence-corrected chi connectivity index (χ1v) is 12.9. The number of hydrogen-bond acceptors (Lipinski definition) is 10. The molecule has 200 valence electrons. The van der Waals surface area contributed by atoms with Gasteiger partial charge in [-0.2, -0.15) is 0 Å². The van der Waals surface area contributed by atoms with E-state index in [9.17, 15) is 29.7 Å². The third kappa shape index (κ3) is 2.08. The Morgan fingerprint density at radius 2 is 1.95 bits per heavy atom. The van der Waals surface area contributed by atoms with Crippen LogP contribution in [0.2, 0.25) is 0 Å². The number of cyclic esters (lactones) is 1. The molecular weight excluding hydrogens is 484 g/mol. The highest BCUT2D eigenvalue weighted by molar-refractivity contribution is 5.94. The van der Waals surface area contributed by atoms with Gasteiger partial charge in [0.1, 0.15) is 23.4 Å². The van der Waals surface area contributed by atoms with Gasteiger partial charge in [-0.3, -0.25) is 9.59 Å². The van der Waals surface area contributed by atoms with Gasteiger partial charge in [0.15, 0.2) is 11.9 Å². The summed E-state index contributed by atoms with van der Waals surface area (Å²) in [6.45, 7) is 5.34. The van der Waals surface area contributed by atoms with Crippen LogP contribution in [0.25, 0.3) is 0 Å². The van der Waals surface area contributed by atoms with Crippen molar-refractivity contribution in [2.75, 3.05) is 7.11 Å². The Balaban J connectivity index is 1.49. The van der Waals surface area contributed by atoms with Gasteiger partial charge >= 0.3 is 11.9 Å². The van der Waals surface area contributed by atoms with Crippen molar-refractivity contribution in [2.24, 2.45) is 34.0 Å². The van der Waals surface area contributed by atoms with Crippen LogP contribution in [-0.4, -0.2) is 69.2 Å². The van der Waals surface area contributed by atoms with Gasteiger partial charge in [0.2, 0.25) is 0 Å². The number of fused-ring (bicyclic) bond motifs is 2. The van der Waals surface area contributed by atoms with Crippen molar-refractivity contribution >= 4 is 17.7 Å². The summed E-state index contributed by atoms with van der Waals surface area (Å²) in [6, 6.07) is 1.71. The van der Waals surface area contributed by atoms with Gasteiger partial charge in [0.25, 0.3) is 0 Å². The molecule has 37 heavy (non-hydrogen) atoms. The van der Waals surface area contributed by atoms with Crippen molar-refractivity contribution in [1.82, 2.24) is 0 Å². The molecule has 6 fully saturated rings. The molecule has 3 N–H and O–H groups in total. The third-order valence-electron chi connectivity index (χ3n) is 11.9. The summed E-state index contributed by atoms with van der Waals surface area (Å²) >= 11 is 0. The van der Waals surface area contributed by atoms with Crippen LogP contribution < -0.4 is 0 Å². The molecule has 10 nitrogen and oxygen atoms in total. The average molecular weight is 517 g/mol. The van der Waals surface area contributed by atoms with Crippen LogP contribution in [0.4, 0.5) is 0 Å². The van der Waals surface area contributed by atoms with Crippen LogP contribution in [-0.2, 0) is 28.6 Å². The van der Waals surface area contributed by atoms with E-state index >= 15 is 0 Å². The van der Waals surface area contributed by atoms with Crippen LogP contribution in [0.15, 0.2) is 23.0 Å². The zero-order chi connectivity index (χ0) is 26.6. The minimum atomic E-state index is -1.79. The summed E-state index contributed by atoms with van der Waals surface area (Å²) < 4.78 is 22.7. The predicted octanol–water partition coefficient (Wildman–Crippen LogP) is 1.06. The molecule has 0 radical (unpaired) electrons. The molecule has 1 spiro atoms. The SMILES string of the molecule is COC(=O)C(O)C1C2(C)C[C@]3(O)[C@@H]4C(O[C@]56CC(=O)OC(c7ccoc7)[C@]5(C)CC[C@@H]([C@]46O)[C@]13C)C2=O. The summed E-state index contributed by atoms with van der Waals surface area (Å²) in [5.41, 5.74) is -7.81. The Bertz CT molecular complexity index is 1240. The first kappa shape index (κ1) is 23.8. The van der Waals surface area contributed by atoms with Gasteiger partial charge in [-0.25, -0.2) is 4.79 Å². The molecule has 4 saturated carbocycles. The Kier molecular flexibility index (Phi) is 4.17. The highest BCUT2D eigenvalue weighted by Crippen LogP contribution is 2.85. The first-order chi connectivity index (χ1) is 17.3. The molecule has 0 aromatic carbocycles. The third-order valence-corrected chi connectivity index (χ3v) is 11.9. The van der Waals surface area contributed by atoms with E-state index in [4.69, 9.17) is 18.6 Å². The summed E-state index contributed by atoms with van der Waals surface area (Å²) in [5.74, 6) is -4.55. The molecule has 12 atom stereocenters. The van der Waals surface area contributed by atoms with Crippen LogP contribution in [0.5, 0.6) is 0 Å². The number of rotatable bonds is 3. The lowest BCUT2D eigenvalue weighted by Crippen LogP contribution is -2.72. The monoisotopic (exact) mass is 516 g/mol. The van der Waals surface area contributed by atoms with Crippen LogP contribution in [0.1, 0.15) is 58.1 Å². The smallest absolute Gasteiger partial charge is 0.335 e. The fraction of sp³-hybridized carbons (Fsp3) is 0.741. The lowest BCUT2D eigenvalue weighted by atomic mass is 9.45. The molecule has 6 aliphatic rings. The van der Waals surface area contributed by atoms with Gasteiger partial charge in [-0.15, -0.1) is 0 Å². The number of hydrogen-bond donors (Lipinski definition) is 3. The summed E-state index contributed by atoms with van der Waals surface area (Å²) in [6.07, 6.45) is -0.164. The van der Waals surface area contributed by atoms with Crippen molar-refractivity contribution in [3.05, 3.63) is 24.2 Å². The number of Topliss-reactive ketones (excluding diaryl/α,β-unsaturated/α-hetero) is 1. The number of ether oxygens (including phenoxy) is 3. The predicted molar refractivity (Wildman–Crippen MR) is 121 cm³/mol.